The molecule has 3 N–H and O–H groups in total. The maximum Gasteiger partial charge on any atom is 0.224 e. The molecule has 2 unspecified atom stereocenters. The molecule has 0 bridgehead atoms. The Bertz CT molecular complexity index is 394. The molecule has 4 nitrogen and oxygen atoms in total. The normalized spacial score (nSPS) is 15.6. The Labute approximate surface area is 115 Å². The molecule has 1 aromatic rings. The standard InChI is InChI=1S/C15H24N2O2/c1-4-16-10-12(2)14(19)17-15(3,11-18)13-8-6-5-7-9-13/h5-9,12,16,18H,4,10-11H2,1-3H3,(H,17,19). The van der Waals surface area contributed by atoms with E-state index in [1.165, 1.54) is 0 Å². The van der Waals surface area contributed by atoms with Crippen molar-refractivity contribution in [3.05, 3.63) is 35.9 Å². The molecule has 0 aliphatic carbocycles. The van der Waals surface area contributed by atoms with Crippen LogP contribution in [0.25, 0.3) is 0 Å². The van der Waals surface area contributed by atoms with Gasteiger partial charge in [-0.2, -0.15) is 0 Å². The number of hydrogen-bond acceptors (Lipinski definition) is 3. The van der Waals surface area contributed by atoms with Crippen LogP contribution in [-0.4, -0.2) is 30.7 Å². The molecule has 2 atom stereocenters. The number of aliphatic hydroxyl groups is 1. The zero-order valence-corrected chi connectivity index (χ0v) is 11.9. The molecule has 19 heavy (non-hydrogen) atoms. The first-order valence-electron chi connectivity index (χ1n) is 6.72. The molecule has 0 heterocycles. The van der Waals surface area contributed by atoms with Gasteiger partial charge in [-0.3, -0.25) is 4.79 Å². The predicted molar refractivity (Wildman–Crippen MR) is 76.7 cm³/mol. The first-order chi connectivity index (χ1) is 9.03. The molecule has 106 valence electrons. The van der Waals surface area contributed by atoms with Crippen molar-refractivity contribution in [3.63, 3.8) is 0 Å². The topological polar surface area (TPSA) is 61.4 Å². The second-order valence-corrected chi connectivity index (χ2v) is 5.05. The third-order valence-electron chi connectivity index (χ3n) is 3.27. The summed E-state index contributed by atoms with van der Waals surface area (Å²) in [5.74, 6) is -0.184. The molecule has 0 saturated heterocycles. The monoisotopic (exact) mass is 264 g/mol. The fraction of sp³-hybridized carbons (Fsp3) is 0.533. The van der Waals surface area contributed by atoms with Gasteiger partial charge in [-0.15, -0.1) is 0 Å². The lowest BCUT2D eigenvalue weighted by atomic mass is 9.92. The van der Waals surface area contributed by atoms with Crippen molar-refractivity contribution in [3.8, 4) is 0 Å². The van der Waals surface area contributed by atoms with Crippen molar-refractivity contribution in [2.24, 2.45) is 5.92 Å². The summed E-state index contributed by atoms with van der Waals surface area (Å²) < 4.78 is 0. The number of carbonyl (C=O) groups is 1. The zero-order valence-electron chi connectivity index (χ0n) is 11.9. The lowest BCUT2D eigenvalue weighted by Crippen LogP contribution is -2.49. The van der Waals surface area contributed by atoms with E-state index < -0.39 is 5.54 Å². The van der Waals surface area contributed by atoms with Gasteiger partial charge in [0.1, 0.15) is 0 Å². The summed E-state index contributed by atoms with van der Waals surface area (Å²) in [7, 11) is 0. The highest BCUT2D eigenvalue weighted by Gasteiger charge is 2.29. The van der Waals surface area contributed by atoms with Gasteiger partial charge in [-0.25, -0.2) is 0 Å². The minimum Gasteiger partial charge on any atom is -0.394 e. The summed E-state index contributed by atoms with van der Waals surface area (Å²) in [5.41, 5.74) is 0.167. The minimum atomic E-state index is -0.737. The number of benzene rings is 1. The molecule has 0 aromatic heterocycles. The van der Waals surface area contributed by atoms with Gasteiger partial charge in [0.15, 0.2) is 0 Å². The highest BCUT2D eigenvalue weighted by atomic mass is 16.3. The van der Waals surface area contributed by atoms with Crippen LogP contribution in [0.15, 0.2) is 30.3 Å². The van der Waals surface area contributed by atoms with Crippen molar-refractivity contribution >= 4 is 5.91 Å². The van der Waals surface area contributed by atoms with E-state index in [2.05, 4.69) is 10.6 Å². The third kappa shape index (κ3) is 4.33. The maximum absolute atomic E-state index is 12.1. The molecule has 1 aromatic carbocycles. The van der Waals surface area contributed by atoms with Crippen molar-refractivity contribution < 1.29 is 9.90 Å². The summed E-state index contributed by atoms with van der Waals surface area (Å²) in [6.45, 7) is 7.07. The molecule has 0 fully saturated rings. The minimum absolute atomic E-state index is 0.0543. The molecule has 0 spiro atoms. The van der Waals surface area contributed by atoms with E-state index in [4.69, 9.17) is 0 Å². The van der Waals surface area contributed by atoms with Crippen molar-refractivity contribution in [2.45, 2.75) is 26.3 Å². The first kappa shape index (κ1) is 15.7. The Hall–Kier alpha value is -1.39. The van der Waals surface area contributed by atoms with Crippen molar-refractivity contribution in [1.82, 2.24) is 10.6 Å². The Morgan fingerprint density at radius 1 is 1.37 bits per heavy atom. The van der Waals surface area contributed by atoms with Gasteiger partial charge in [0.25, 0.3) is 0 Å². The second-order valence-electron chi connectivity index (χ2n) is 5.05. The smallest absolute Gasteiger partial charge is 0.224 e. The van der Waals surface area contributed by atoms with E-state index in [9.17, 15) is 9.90 Å². The fourth-order valence-electron chi connectivity index (χ4n) is 1.86. The number of hydrogen-bond donors (Lipinski definition) is 3. The first-order valence-corrected chi connectivity index (χ1v) is 6.72. The van der Waals surface area contributed by atoms with Crippen LogP contribution in [0.1, 0.15) is 26.3 Å². The molecular weight excluding hydrogens is 240 g/mol. The number of aliphatic hydroxyl groups excluding tert-OH is 1. The number of amides is 1. The highest BCUT2D eigenvalue weighted by Crippen LogP contribution is 2.20. The van der Waals surface area contributed by atoms with E-state index in [-0.39, 0.29) is 18.4 Å². The van der Waals surface area contributed by atoms with Crippen LogP contribution in [-0.2, 0) is 10.3 Å². The number of carbonyl (C=O) groups excluding carboxylic acids is 1. The molecular formula is C15H24N2O2. The van der Waals surface area contributed by atoms with Crippen LogP contribution in [0.4, 0.5) is 0 Å². The lowest BCUT2D eigenvalue weighted by molar-refractivity contribution is -0.126. The van der Waals surface area contributed by atoms with Gasteiger partial charge in [0.2, 0.25) is 5.91 Å². The number of nitrogens with one attached hydrogen (secondary N) is 2. The van der Waals surface area contributed by atoms with E-state index in [0.717, 1.165) is 12.1 Å². The molecule has 1 amide bonds. The quantitative estimate of drug-likeness (QED) is 0.695. The van der Waals surface area contributed by atoms with E-state index in [0.29, 0.717) is 6.54 Å². The van der Waals surface area contributed by atoms with Crippen molar-refractivity contribution in [1.29, 1.82) is 0 Å². The van der Waals surface area contributed by atoms with Crippen LogP contribution in [0, 0.1) is 5.92 Å². The van der Waals surface area contributed by atoms with Gasteiger partial charge in [0.05, 0.1) is 12.1 Å². The average molecular weight is 264 g/mol. The molecule has 4 heteroatoms. The Kier molecular flexibility index (Phi) is 5.99. The van der Waals surface area contributed by atoms with Gasteiger partial charge in [-0.05, 0) is 19.0 Å². The lowest BCUT2D eigenvalue weighted by Gasteiger charge is -2.30. The van der Waals surface area contributed by atoms with E-state index in [1.54, 1.807) is 0 Å². The van der Waals surface area contributed by atoms with E-state index in [1.807, 2.05) is 51.1 Å². The van der Waals surface area contributed by atoms with Crippen molar-refractivity contribution in [2.75, 3.05) is 19.7 Å². The van der Waals surface area contributed by atoms with Crippen LogP contribution in [0.3, 0.4) is 0 Å². The highest BCUT2D eigenvalue weighted by molar-refractivity contribution is 5.79. The van der Waals surface area contributed by atoms with Gasteiger partial charge in [-0.1, -0.05) is 44.2 Å². The van der Waals surface area contributed by atoms with Gasteiger partial charge in [0, 0.05) is 12.5 Å². The second kappa shape index (κ2) is 7.26. The summed E-state index contributed by atoms with van der Waals surface area (Å²) in [6.07, 6.45) is 0. The van der Waals surface area contributed by atoms with Crippen LogP contribution in [0.2, 0.25) is 0 Å². The Morgan fingerprint density at radius 2 is 2.00 bits per heavy atom. The van der Waals surface area contributed by atoms with Crippen LogP contribution in [0.5, 0.6) is 0 Å². The predicted octanol–water partition coefficient (Wildman–Crippen LogP) is 1.26. The van der Waals surface area contributed by atoms with Gasteiger partial charge < -0.3 is 15.7 Å². The molecule has 0 aliphatic rings. The summed E-state index contributed by atoms with van der Waals surface area (Å²) in [4.78, 5) is 12.1. The summed E-state index contributed by atoms with van der Waals surface area (Å²) >= 11 is 0. The fourth-order valence-corrected chi connectivity index (χ4v) is 1.86. The summed E-state index contributed by atoms with van der Waals surface area (Å²) in [6, 6.07) is 9.53. The SMILES string of the molecule is CCNCC(C)C(=O)NC(C)(CO)c1ccccc1. The largest absolute Gasteiger partial charge is 0.394 e. The average Bonchev–Trinajstić information content (AvgIpc) is 2.45. The molecule has 0 radical (unpaired) electrons. The van der Waals surface area contributed by atoms with Crippen LogP contribution < -0.4 is 10.6 Å². The van der Waals surface area contributed by atoms with E-state index >= 15 is 0 Å². The molecule has 0 saturated carbocycles. The Balaban J connectivity index is 2.73. The molecule has 1 rings (SSSR count). The number of rotatable bonds is 7. The van der Waals surface area contributed by atoms with Crippen LogP contribution >= 0.6 is 0 Å². The Morgan fingerprint density at radius 3 is 2.53 bits per heavy atom. The third-order valence-corrected chi connectivity index (χ3v) is 3.27. The molecule has 0 aliphatic heterocycles. The van der Waals surface area contributed by atoms with Gasteiger partial charge >= 0.3 is 0 Å². The zero-order chi connectivity index (χ0) is 14.3. The maximum atomic E-state index is 12.1. The summed E-state index contributed by atoms with van der Waals surface area (Å²) in [5, 5.41) is 15.7.